The van der Waals surface area contributed by atoms with E-state index in [0.29, 0.717) is 28.1 Å². The molecule has 1 atom stereocenters. The molecule has 0 spiro atoms. The van der Waals surface area contributed by atoms with Gasteiger partial charge in [-0.05, 0) is 50.3 Å². The summed E-state index contributed by atoms with van der Waals surface area (Å²) in [5, 5.41) is 5.14. The number of allylic oxidation sites excluding steroid dienone is 2. The molecule has 0 bridgehead atoms. The minimum absolute atomic E-state index is 0.0605. The lowest BCUT2D eigenvalue weighted by molar-refractivity contribution is 0.399. The minimum Gasteiger partial charge on any atom is -0.439 e. The molecule has 4 rings (SSSR count). The second-order valence-electron chi connectivity index (χ2n) is 7.88. The Morgan fingerprint density at radius 2 is 2.13 bits per heavy atom. The number of hydrogen-bond acceptors (Lipinski definition) is 4. The summed E-state index contributed by atoms with van der Waals surface area (Å²) in [6, 6.07) is 7.48. The average molecular weight is 429 g/mol. The van der Waals surface area contributed by atoms with E-state index in [1.54, 1.807) is 17.0 Å². The number of aryl methyl sites for hydroxylation is 1. The van der Waals surface area contributed by atoms with Crippen LogP contribution in [0.1, 0.15) is 49.8 Å². The van der Waals surface area contributed by atoms with Crippen LogP contribution in [0.5, 0.6) is 11.6 Å². The van der Waals surface area contributed by atoms with Crippen molar-refractivity contribution in [2.24, 2.45) is 17.8 Å². The Morgan fingerprint density at radius 3 is 2.87 bits per heavy atom. The molecule has 2 aliphatic rings. The van der Waals surface area contributed by atoms with Crippen LogP contribution in [-0.4, -0.2) is 28.7 Å². The largest absolute Gasteiger partial charge is 0.439 e. The fraction of sp³-hybridized carbons (Fsp3) is 0.391. The van der Waals surface area contributed by atoms with Crippen LogP contribution in [0.15, 0.2) is 46.5 Å². The first-order chi connectivity index (χ1) is 14.5. The zero-order valence-electron chi connectivity index (χ0n) is 17.2. The number of hydrogen-bond donors (Lipinski definition) is 1. The van der Waals surface area contributed by atoms with Gasteiger partial charge >= 0.3 is 0 Å². The Balaban J connectivity index is 1.70. The molecule has 158 valence electrons. The Hall–Kier alpha value is -2.44. The smallest absolute Gasteiger partial charge is 0.217 e. The van der Waals surface area contributed by atoms with Gasteiger partial charge in [0.05, 0.1) is 11.4 Å². The molecule has 1 aliphatic heterocycles. The van der Waals surface area contributed by atoms with Gasteiger partial charge in [-0.1, -0.05) is 17.7 Å². The van der Waals surface area contributed by atoms with Crippen LogP contribution in [0, 0.1) is 0 Å². The number of alkyl halides is 1. The maximum Gasteiger partial charge on any atom is 0.217 e. The molecule has 30 heavy (non-hydrogen) atoms. The number of nitrogens with two attached hydrogens (primary N) is 1. The molecule has 0 unspecified atom stereocenters. The highest BCUT2D eigenvalue weighted by atomic mass is 35.5. The lowest BCUT2D eigenvalue weighted by atomic mass is 10.00. The number of ether oxygens (including phenoxy) is 1. The van der Waals surface area contributed by atoms with Crippen LogP contribution in [0.3, 0.4) is 0 Å². The topological polar surface area (TPSA) is 65.4 Å². The van der Waals surface area contributed by atoms with Gasteiger partial charge in [0.15, 0.2) is 0 Å². The van der Waals surface area contributed by atoms with E-state index in [0.717, 1.165) is 35.4 Å². The standard InChI is InChI=1S/C23H26ClFN4O/c1-14-4-3-5-16(19(25)12-26)13-27-23(14)18-9-8-17(24)10-21(18)30-22-11-20(15-6-7-15)28-29(22)2/h5,8-11,13,15,19H,3-4,6-7,12,26H2,1-2H3/b16-5+,23-14-,27-13-/t19-/m1/s1. The van der Waals surface area contributed by atoms with E-state index in [4.69, 9.17) is 22.1 Å². The summed E-state index contributed by atoms with van der Waals surface area (Å²) in [6.07, 6.45) is 6.07. The third-order valence-corrected chi connectivity index (χ3v) is 5.71. The molecule has 2 heterocycles. The van der Waals surface area contributed by atoms with Gasteiger partial charge < -0.3 is 10.5 Å². The van der Waals surface area contributed by atoms with Crippen molar-refractivity contribution in [2.45, 2.75) is 44.7 Å². The van der Waals surface area contributed by atoms with Crippen molar-refractivity contribution in [1.82, 2.24) is 9.78 Å². The van der Waals surface area contributed by atoms with Crippen LogP contribution in [0.25, 0.3) is 5.70 Å². The molecule has 1 aromatic heterocycles. The highest BCUT2D eigenvalue weighted by Crippen LogP contribution is 2.42. The van der Waals surface area contributed by atoms with Gasteiger partial charge in [0.2, 0.25) is 5.88 Å². The van der Waals surface area contributed by atoms with Gasteiger partial charge in [0.25, 0.3) is 0 Å². The molecule has 2 N–H and O–H groups in total. The fourth-order valence-electron chi connectivity index (χ4n) is 3.55. The molecule has 5 nitrogen and oxygen atoms in total. The highest BCUT2D eigenvalue weighted by molar-refractivity contribution is 6.30. The zero-order chi connectivity index (χ0) is 21.3. The average Bonchev–Trinajstić information content (AvgIpc) is 3.50. The summed E-state index contributed by atoms with van der Waals surface area (Å²) >= 11 is 6.28. The summed E-state index contributed by atoms with van der Waals surface area (Å²) in [4.78, 5) is 4.63. The van der Waals surface area contributed by atoms with Gasteiger partial charge in [0, 0.05) is 54.0 Å². The monoisotopic (exact) mass is 428 g/mol. The summed E-state index contributed by atoms with van der Waals surface area (Å²) < 4.78 is 22.1. The molecular formula is C23H26ClFN4O. The number of rotatable bonds is 6. The molecule has 1 aliphatic carbocycles. The van der Waals surface area contributed by atoms with Gasteiger partial charge in [-0.25, -0.2) is 9.07 Å². The fourth-order valence-corrected chi connectivity index (χ4v) is 3.72. The molecule has 0 saturated heterocycles. The number of aromatic nitrogens is 2. The SMILES string of the molecule is C/C1=C(c2ccc(Cl)cc2Oc2cc(C3CC3)nn2C)/N=C\C([C@H](F)CN)=C/CC1. The molecule has 1 fully saturated rings. The molecule has 0 radical (unpaired) electrons. The quantitative estimate of drug-likeness (QED) is 0.654. The number of benzene rings is 1. The Morgan fingerprint density at radius 1 is 1.33 bits per heavy atom. The van der Waals surface area contributed by atoms with E-state index >= 15 is 0 Å². The van der Waals surface area contributed by atoms with E-state index in [2.05, 4.69) is 10.1 Å². The molecule has 1 saturated carbocycles. The maximum absolute atomic E-state index is 14.1. The highest BCUT2D eigenvalue weighted by Gasteiger charge is 2.27. The normalized spacial score (nSPS) is 23.3. The predicted molar refractivity (Wildman–Crippen MR) is 119 cm³/mol. The van der Waals surface area contributed by atoms with Crippen molar-refractivity contribution in [3.63, 3.8) is 0 Å². The van der Waals surface area contributed by atoms with E-state index < -0.39 is 6.17 Å². The predicted octanol–water partition coefficient (Wildman–Crippen LogP) is 5.56. The second-order valence-corrected chi connectivity index (χ2v) is 8.32. The lowest BCUT2D eigenvalue weighted by Gasteiger charge is -2.16. The van der Waals surface area contributed by atoms with Gasteiger partial charge in [-0.3, -0.25) is 4.99 Å². The van der Waals surface area contributed by atoms with Crippen molar-refractivity contribution in [3.05, 3.63) is 57.8 Å². The van der Waals surface area contributed by atoms with E-state index in [1.807, 2.05) is 38.2 Å². The van der Waals surface area contributed by atoms with E-state index in [-0.39, 0.29) is 6.54 Å². The van der Waals surface area contributed by atoms with Crippen LogP contribution in [-0.2, 0) is 7.05 Å². The third kappa shape index (κ3) is 4.50. The molecule has 2 aromatic rings. The number of aliphatic imine (C=N–C) groups is 1. The number of halogens is 2. The van der Waals surface area contributed by atoms with Crippen molar-refractivity contribution >= 4 is 23.5 Å². The first kappa shape index (κ1) is 20.8. The first-order valence-corrected chi connectivity index (χ1v) is 10.6. The summed E-state index contributed by atoms with van der Waals surface area (Å²) in [7, 11) is 1.87. The van der Waals surface area contributed by atoms with Crippen molar-refractivity contribution in [2.75, 3.05) is 6.54 Å². The minimum atomic E-state index is -1.22. The molecule has 7 heteroatoms. The third-order valence-electron chi connectivity index (χ3n) is 5.48. The molecule has 0 amide bonds. The molecule has 1 aromatic carbocycles. The Labute approximate surface area is 181 Å². The van der Waals surface area contributed by atoms with E-state index in [9.17, 15) is 4.39 Å². The van der Waals surface area contributed by atoms with Crippen molar-refractivity contribution in [3.8, 4) is 11.6 Å². The zero-order valence-corrected chi connectivity index (χ0v) is 18.0. The van der Waals surface area contributed by atoms with Gasteiger partial charge in [0.1, 0.15) is 11.9 Å². The first-order valence-electron chi connectivity index (χ1n) is 10.3. The van der Waals surface area contributed by atoms with Crippen molar-refractivity contribution < 1.29 is 9.13 Å². The summed E-state index contributed by atoms with van der Waals surface area (Å²) in [6.45, 7) is 1.98. The summed E-state index contributed by atoms with van der Waals surface area (Å²) in [5.74, 6) is 1.79. The maximum atomic E-state index is 14.1. The van der Waals surface area contributed by atoms with Gasteiger partial charge in [-0.2, -0.15) is 5.10 Å². The van der Waals surface area contributed by atoms with Crippen LogP contribution < -0.4 is 10.5 Å². The Bertz CT molecular complexity index is 1040. The second kappa shape index (κ2) is 8.74. The van der Waals surface area contributed by atoms with E-state index in [1.165, 1.54) is 12.8 Å². The van der Waals surface area contributed by atoms with Crippen LogP contribution >= 0.6 is 11.6 Å². The van der Waals surface area contributed by atoms with Crippen molar-refractivity contribution in [1.29, 1.82) is 0 Å². The lowest BCUT2D eigenvalue weighted by Crippen LogP contribution is -2.18. The Kier molecular flexibility index (Phi) is 6.06. The van der Waals surface area contributed by atoms with Crippen LogP contribution in [0.4, 0.5) is 4.39 Å². The molecular weight excluding hydrogens is 403 g/mol. The van der Waals surface area contributed by atoms with Gasteiger partial charge in [-0.15, -0.1) is 0 Å². The van der Waals surface area contributed by atoms with Crippen LogP contribution in [0.2, 0.25) is 5.02 Å². The number of nitrogens with zero attached hydrogens (tertiary/aromatic N) is 3. The summed E-state index contributed by atoms with van der Waals surface area (Å²) in [5.41, 5.74) is 9.75.